The molecule has 0 heterocycles. The van der Waals surface area contributed by atoms with Gasteiger partial charge in [0.1, 0.15) is 0 Å². The van der Waals surface area contributed by atoms with Crippen LogP contribution in [0.5, 0.6) is 0 Å². The molecule has 0 saturated carbocycles. The molecule has 0 aliphatic carbocycles. The Balaban J connectivity index is 4.02. The molecule has 0 aromatic rings. The third-order valence-corrected chi connectivity index (χ3v) is 3.44. The predicted octanol–water partition coefficient (Wildman–Crippen LogP) is 0.477. The van der Waals surface area contributed by atoms with Gasteiger partial charge in [0.2, 0.25) is 10.0 Å². The van der Waals surface area contributed by atoms with Gasteiger partial charge in [-0.2, -0.15) is 0 Å². The highest BCUT2D eigenvalue weighted by Gasteiger charge is 2.20. The van der Waals surface area contributed by atoms with Crippen LogP contribution in [0.15, 0.2) is 0 Å². The molecule has 0 aromatic carbocycles. The van der Waals surface area contributed by atoms with Gasteiger partial charge in [0.05, 0.1) is 11.4 Å². The Morgan fingerprint density at radius 3 is 2.31 bits per heavy atom. The zero-order valence-corrected chi connectivity index (χ0v) is 9.32. The van der Waals surface area contributed by atoms with E-state index in [0.717, 1.165) is 0 Å². The van der Waals surface area contributed by atoms with E-state index in [1.165, 1.54) is 0 Å². The summed E-state index contributed by atoms with van der Waals surface area (Å²) >= 11 is 0. The summed E-state index contributed by atoms with van der Waals surface area (Å²) in [5.41, 5.74) is -0.944. The summed E-state index contributed by atoms with van der Waals surface area (Å²) in [4.78, 5) is 0. The molecule has 0 aliphatic rings. The summed E-state index contributed by atoms with van der Waals surface area (Å²) in [6, 6.07) is 0. The van der Waals surface area contributed by atoms with Crippen molar-refractivity contribution >= 4 is 10.0 Å². The van der Waals surface area contributed by atoms with Crippen molar-refractivity contribution in [3.05, 3.63) is 0 Å². The van der Waals surface area contributed by atoms with Gasteiger partial charge in [-0.3, -0.25) is 0 Å². The Morgan fingerprint density at radius 1 is 1.38 bits per heavy atom. The first-order valence-corrected chi connectivity index (χ1v) is 6.18. The van der Waals surface area contributed by atoms with Gasteiger partial charge in [0, 0.05) is 6.54 Å². The lowest BCUT2D eigenvalue weighted by atomic mass is 10.1. The van der Waals surface area contributed by atoms with Crippen LogP contribution < -0.4 is 4.72 Å². The molecule has 0 bridgehead atoms. The molecule has 0 fully saturated rings. The summed E-state index contributed by atoms with van der Waals surface area (Å²) in [5, 5.41) is 9.53. The zero-order valence-electron chi connectivity index (χ0n) is 8.50. The molecule has 0 spiro atoms. The SMILES string of the molecule is CCCS(=O)(=O)NCC(C)(O)CC. The standard InChI is InChI=1S/C8H19NO3S/c1-4-6-13(11,12)9-7-8(3,10)5-2/h9-10H,4-7H2,1-3H3. The zero-order chi connectivity index (χ0) is 10.5. The molecule has 80 valence electrons. The number of rotatable bonds is 6. The van der Waals surface area contributed by atoms with Crippen LogP contribution in [-0.4, -0.2) is 31.4 Å². The largest absolute Gasteiger partial charge is 0.389 e. The van der Waals surface area contributed by atoms with Gasteiger partial charge in [-0.1, -0.05) is 13.8 Å². The van der Waals surface area contributed by atoms with E-state index < -0.39 is 15.6 Å². The van der Waals surface area contributed by atoms with Crippen molar-refractivity contribution in [2.75, 3.05) is 12.3 Å². The fraction of sp³-hybridized carbons (Fsp3) is 1.00. The maximum atomic E-state index is 11.2. The van der Waals surface area contributed by atoms with Crippen LogP contribution in [0.1, 0.15) is 33.6 Å². The first-order chi connectivity index (χ1) is 5.83. The van der Waals surface area contributed by atoms with Gasteiger partial charge in [-0.25, -0.2) is 13.1 Å². The number of nitrogens with one attached hydrogen (secondary N) is 1. The molecular weight excluding hydrogens is 190 g/mol. The monoisotopic (exact) mass is 209 g/mol. The Hall–Kier alpha value is -0.130. The minimum Gasteiger partial charge on any atom is -0.389 e. The van der Waals surface area contributed by atoms with Crippen LogP contribution in [0.2, 0.25) is 0 Å². The average molecular weight is 209 g/mol. The van der Waals surface area contributed by atoms with Gasteiger partial charge in [-0.15, -0.1) is 0 Å². The van der Waals surface area contributed by atoms with Crippen LogP contribution in [-0.2, 0) is 10.0 Å². The van der Waals surface area contributed by atoms with Crippen molar-refractivity contribution < 1.29 is 13.5 Å². The fourth-order valence-electron chi connectivity index (χ4n) is 0.731. The van der Waals surface area contributed by atoms with Crippen molar-refractivity contribution in [3.63, 3.8) is 0 Å². The Kier molecular flexibility index (Phi) is 4.88. The Labute approximate surface area is 80.4 Å². The Bertz CT molecular complexity index is 234. The van der Waals surface area contributed by atoms with Gasteiger partial charge >= 0.3 is 0 Å². The summed E-state index contributed by atoms with van der Waals surface area (Å²) in [5.74, 6) is 0.118. The summed E-state index contributed by atoms with van der Waals surface area (Å²) in [6.45, 7) is 5.32. The highest BCUT2D eigenvalue weighted by molar-refractivity contribution is 7.89. The lowest BCUT2D eigenvalue weighted by Gasteiger charge is -2.21. The molecule has 1 unspecified atom stereocenters. The molecule has 0 amide bonds. The maximum Gasteiger partial charge on any atom is 0.211 e. The molecule has 0 rings (SSSR count). The second kappa shape index (κ2) is 4.93. The Morgan fingerprint density at radius 2 is 1.92 bits per heavy atom. The van der Waals surface area contributed by atoms with Crippen LogP contribution in [0.4, 0.5) is 0 Å². The molecule has 1 atom stereocenters. The second-order valence-electron chi connectivity index (χ2n) is 3.49. The quantitative estimate of drug-likeness (QED) is 0.668. The fourth-order valence-corrected chi connectivity index (χ4v) is 1.94. The molecule has 13 heavy (non-hydrogen) atoms. The predicted molar refractivity (Wildman–Crippen MR) is 53.0 cm³/mol. The van der Waals surface area contributed by atoms with Crippen LogP contribution >= 0.6 is 0 Å². The lowest BCUT2D eigenvalue weighted by Crippen LogP contribution is -2.40. The normalized spacial score (nSPS) is 16.9. The van der Waals surface area contributed by atoms with E-state index in [1.807, 2.05) is 6.92 Å². The van der Waals surface area contributed by atoms with E-state index in [4.69, 9.17) is 0 Å². The third kappa shape index (κ3) is 6.01. The summed E-state index contributed by atoms with van der Waals surface area (Å²) in [7, 11) is -3.18. The third-order valence-electron chi connectivity index (χ3n) is 1.91. The molecule has 5 heteroatoms. The topological polar surface area (TPSA) is 66.4 Å². The highest BCUT2D eigenvalue weighted by Crippen LogP contribution is 2.06. The maximum absolute atomic E-state index is 11.2. The minimum absolute atomic E-state index is 0.0891. The van der Waals surface area contributed by atoms with E-state index in [0.29, 0.717) is 12.8 Å². The lowest BCUT2D eigenvalue weighted by molar-refractivity contribution is 0.0613. The molecular formula is C8H19NO3S. The molecule has 4 nitrogen and oxygen atoms in total. The van der Waals surface area contributed by atoms with Crippen LogP contribution in [0.3, 0.4) is 0 Å². The van der Waals surface area contributed by atoms with Crippen molar-refractivity contribution in [2.24, 2.45) is 0 Å². The smallest absolute Gasteiger partial charge is 0.211 e. The van der Waals surface area contributed by atoms with Crippen molar-refractivity contribution in [1.29, 1.82) is 0 Å². The number of hydrogen-bond acceptors (Lipinski definition) is 3. The van der Waals surface area contributed by atoms with Gasteiger partial charge < -0.3 is 5.11 Å². The molecule has 0 saturated heterocycles. The minimum atomic E-state index is -3.18. The molecule has 0 radical (unpaired) electrons. The summed E-state index contributed by atoms with van der Waals surface area (Å²) < 4.78 is 24.7. The van der Waals surface area contributed by atoms with Crippen LogP contribution in [0.25, 0.3) is 0 Å². The van der Waals surface area contributed by atoms with Crippen molar-refractivity contribution in [2.45, 2.75) is 39.2 Å². The van der Waals surface area contributed by atoms with E-state index in [1.54, 1.807) is 13.8 Å². The van der Waals surface area contributed by atoms with Gasteiger partial charge in [-0.05, 0) is 19.8 Å². The first kappa shape index (κ1) is 12.9. The average Bonchev–Trinajstić information content (AvgIpc) is 2.02. The van der Waals surface area contributed by atoms with E-state index >= 15 is 0 Å². The van der Waals surface area contributed by atoms with Crippen LogP contribution in [0, 0.1) is 0 Å². The number of sulfonamides is 1. The van der Waals surface area contributed by atoms with E-state index in [9.17, 15) is 13.5 Å². The van der Waals surface area contributed by atoms with Gasteiger partial charge in [0.15, 0.2) is 0 Å². The van der Waals surface area contributed by atoms with E-state index in [2.05, 4.69) is 4.72 Å². The summed E-state index contributed by atoms with van der Waals surface area (Å²) in [6.07, 6.45) is 1.12. The number of hydrogen-bond donors (Lipinski definition) is 2. The second-order valence-corrected chi connectivity index (χ2v) is 5.42. The van der Waals surface area contributed by atoms with E-state index in [-0.39, 0.29) is 12.3 Å². The van der Waals surface area contributed by atoms with Gasteiger partial charge in [0.25, 0.3) is 0 Å². The molecule has 0 aromatic heterocycles. The first-order valence-electron chi connectivity index (χ1n) is 4.52. The molecule has 2 N–H and O–H groups in total. The number of aliphatic hydroxyl groups is 1. The highest BCUT2D eigenvalue weighted by atomic mass is 32.2. The van der Waals surface area contributed by atoms with Crippen molar-refractivity contribution in [1.82, 2.24) is 4.72 Å². The molecule has 0 aliphatic heterocycles. The van der Waals surface area contributed by atoms with Crippen molar-refractivity contribution in [3.8, 4) is 0 Å².